The minimum Gasteiger partial charge on any atom is -0.469 e. The molecule has 0 bridgehead atoms. The van der Waals surface area contributed by atoms with Crippen LogP contribution in [0.15, 0.2) is 22.1 Å². The summed E-state index contributed by atoms with van der Waals surface area (Å²) >= 11 is 1.52. The summed E-state index contributed by atoms with van der Waals surface area (Å²) in [4.78, 5) is 18.8. The molecule has 2 aromatic rings. The molecule has 18 heavy (non-hydrogen) atoms. The van der Waals surface area contributed by atoms with Gasteiger partial charge in [0.1, 0.15) is 5.76 Å². The van der Waals surface area contributed by atoms with Crippen LogP contribution in [0.25, 0.3) is 0 Å². The summed E-state index contributed by atoms with van der Waals surface area (Å²) in [5.74, 6) is 0.664. The van der Waals surface area contributed by atoms with E-state index in [9.17, 15) is 4.79 Å². The molecular weight excluding hydrogens is 248 g/mol. The third-order valence-corrected chi connectivity index (χ3v) is 3.99. The van der Waals surface area contributed by atoms with Gasteiger partial charge in [0.2, 0.25) is 0 Å². The van der Waals surface area contributed by atoms with Crippen LogP contribution in [-0.4, -0.2) is 16.9 Å². The maximum Gasteiger partial charge on any atom is 0.263 e. The molecule has 0 spiro atoms. The van der Waals surface area contributed by atoms with Gasteiger partial charge < -0.3 is 4.42 Å². The number of hydrogen-bond acceptors (Lipinski definition) is 4. The highest BCUT2D eigenvalue weighted by Crippen LogP contribution is 2.35. The summed E-state index contributed by atoms with van der Waals surface area (Å²) in [5, 5.41) is 2.76. The molecule has 0 aromatic carbocycles. The van der Waals surface area contributed by atoms with Crippen LogP contribution in [0.5, 0.6) is 0 Å². The maximum atomic E-state index is 12.6. The second kappa shape index (κ2) is 4.24. The van der Waals surface area contributed by atoms with Gasteiger partial charge in [0.15, 0.2) is 5.13 Å². The van der Waals surface area contributed by atoms with Gasteiger partial charge in [-0.15, -0.1) is 11.3 Å². The smallest absolute Gasteiger partial charge is 0.263 e. The summed E-state index contributed by atoms with van der Waals surface area (Å²) in [6.07, 6.45) is 3.67. The average Bonchev–Trinajstić information content (AvgIpc) is 2.92. The molecule has 4 nitrogen and oxygen atoms in total. The molecule has 1 aliphatic rings. The minimum atomic E-state index is -0.00176. The van der Waals surface area contributed by atoms with Crippen molar-refractivity contribution in [1.29, 1.82) is 0 Å². The zero-order valence-corrected chi connectivity index (χ0v) is 11.2. The molecule has 0 N–H and O–H groups in total. The van der Waals surface area contributed by atoms with Crippen molar-refractivity contribution in [2.75, 3.05) is 4.90 Å². The summed E-state index contributed by atoms with van der Waals surface area (Å²) < 4.78 is 5.21. The third-order valence-electron chi connectivity index (χ3n) is 3.03. The molecular formula is C13H14N2O2S. The van der Waals surface area contributed by atoms with E-state index in [-0.39, 0.29) is 5.91 Å². The number of anilines is 1. The lowest BCUT2D eigenvalue weighted by Gasteiger charge is -2.18. The molecule has 1 aliphatic carbocycles. The minimum absolute atomic E-state index is 0.00176. The number of hydrogen-bond donors (Lipinski definition) is 0. The largest absolute Gasteiger partial charge is 0.469 e. The highest BCUT2D eigenvalue weighted by molar-refractivity contribution is 7.14. The Labute approximate surface area is 109 Å². The monoisotopic (exact) mass is 262 g/mol. The fourth-order valence-corrected chi connectivity index (χ4v) is 2.80. The van der Waals surface area contributed by atoms with E-state index >= 15 is 0 Å². The first kappa shape index (κ1) is 11.5. The molecule has 0 unspecified atom stereocenters. The van der Waals surface area contributed by atoms with Crippen molar-refractivity contribution >= 4 is 22.4 Å². The fraction of sp³-hybridized carbons (Fsp3) is 0.385. The van der Waals surface area contributed by atoms with E-state index in [0.717, 1.165) is 23.7 Å². The lowest BCUT2D eigenvalue weighted by Crippen LogP contribution is -2.33. The second-order valence-corrected chi connectivity index (χ2v) is 5.40. The molecule has 0 aliphatic heterocycles. The van der Waals surface area contributed by atoms with E-state index in [4.69, 9.17) is 4.42 Å². The van der Waals surface area contributed by atoms with Crippen molar-refractivity contribution in [1.82, 2.24) is 4.98 Å². The predicted molar refractivity (Wildman–Crippen MR) is 70.1 cm³/mol. The number of rotatable bonds is 3. The Balaban J connectivity index is 1.95. The first-order valence-corrected chi connectivity index (χ1v) is 6.84. The number of aryl methyl sites for hydroxylation is 2. The summed E-state index contributed by atoms with van der Waals surface area (Å²) in [5.41, 5.74) is 1.59. The summed E-state index contributed by atoms with van der Waals surface area (Å²) in [7, 11) is 0. The van der Waals surface area contributed by atoms with Crippen molar-refractivity contribution in [2.24, 2.45) is 0 Å². The van der Waals surface area contributed by atoms with Gasteiger partial charge in [-0.1, -0.05) is 0 Å². The van der Waals surface area contributed by atoms with Crippen molar-refractivity contribution < 1.29 is 9.21 Å². The predicted octanol–water partition coefficient (Wildman–Crippen LogP) is 3.16. The Kier molecular flexibility index (Phi) is 2.70. The van der Waals surface area contributed by atoms with Crippen LogP contribution in [0.1, 0.15) is 34.7 Å². The quantitative estimate of drug-likeness (QED) is 0.853. The number of nitrogens with zero attached hydrogens (tertiary/aromatic N) is 2. The van der Waals surface area contributed by atoms with Crippen LogP contribution < -0.4 is 4.90 Å². The van der Waals surface area contributed by atoms with Crippen LogP contribution in [0, 0.1) is 13.8 Å². The number of aromatic nitrogens is 1. The van der Waals surface area contributed by atoms with E-state index in [1.54, 1.807) is 12.3 Å². The molecule has 94 valence electrons. The van der Waals surface area contributed by atoms with Gasteiger partial charge in [-0.05, 0) is 32.8 Å². The number of amides is 1. The van der Waals surface area contributed by atoms with Crippen molar-refractivity contribution in [3.8, 4) is 0 Å². The third kappa shape index (κ3) is 1.95. The Bertz CT molecular complexity index is 583. The Morgan fingerprint density at radius 3 is 2.78 bits per heavy atom. The van der Waals surface area contributed by atoms with Crippen LogP contribution >= 0.6 is 11.3 Å². The fourth-order valence-electron chi connectivity index (χ4n) is 1.93. The standard InChI is InChI=1S/C13H14N2O2S/c1-8-7-18-13(14-8)15(10-3-4-10)12(16)11-5-6-17-9(11)2/h5-7,10H,3-4H2,1-2H3. The highest BCUT2D eigenvalue weighted by atomic mass is 32.1. The molecule has 1 amide bonds. The molecule has 2 heterocycles. The first-order valence-electron chi connectivity index (χ1n) is 5.96. The van der Waals surface area contributed by atoms with Gasteiger partial charge >= 0.3 is 0 Å². The summed E-state index contributed by atoms with van der Waals surface area (Å²) in [6, 6.07) is 2.03. The normalized spacial score (nSPS) is 14.8. The first-order chi connectivity index (χ1) is 8.66. The Morgan fingerprint density at radius 1 is 1.50 bits per heavy atom. The van der Waals surface area contributed by atoms with E-state index in [0.29, 0.717) is 17.4 Å². The van der Waals surface area contributed by atoms with E-state index < -0.39 is 0 Å². The van der Waals surface area contributed by atoms with Gasteiger partial charge in [0.05, 0.1) is 17.5 Å². The Hall–Kier alpha value is -1.62. The molecule has 5 heteroatoms. The average molecular weight is 262 g/mol. The van der Waals surface area contributed by atoms with Crippen molar-refractivity contribution in [2.45, 2.75) is 32.7 Å². The zero-order valence-electron chi connectivity index (χ0n) is 10.3. The van der Waals surface area contributed by atoms with Crippen molar-refractivity contribution in [3.05, 3.63) is 34.7 Å². The zero-order chi connectivity index (χ0) is 12.7. The van der Waals surface area contributed by atoms with Gasteiger partial charge in [-0.25, -0.2) is 4.98 Å². The highest BCUT2D eigenvalue weighted by Gasteiger charge is 2.36. The molecule has 0 saturated heterocycles. The maximum absolute atomic E-state index is 12.6. The van der Waals surface area contributed by atoms with E-state index in [1.165, 1.54) is 11.3 Å². The molecule has 0 atom stereocenters. The molecule has 1 saturated carbocycles. The lowest BCUT2D eigenvalue weighted by atomic mass is 10.2. The summed E-state index contributed by atoms with van der Waals surface area (Å²) in [6.45, 7) is 3.75. The van der Waals surface area contributed by atoms with E-state index in [1.807, 2.05) is 24.1 Å². The topological polar surface area (TPSA) is 46.3 Å². The van der Waals surface area contributed by atoms with Crippen LogP contribution in [0.3, 0.4) is 0 Å². The number of carbonyl (C=O) groups excluding carboxylic acids is 1. The van der Waals surface area contributed by atoms with Crippen LogP contribution in [0.2, 0.25) is 0 Å². The van der Waals surface area contributed by atoms with Crippen LogP contribution in [-0.2, 0) is 0 Å². The van der Waals surface area contributed by atoms with Crippen LogP contribution in [0.4, 0.5) is 5.13 Å². The molecule has 0 radical (unpaired) electrons. The van der Waals surface area contributed by atoms with Gasteiger partial charge in [0, 0.05) is 11.4 Å². The number of thiazole rings is 1. The molecule has 2 aromatic heterocycles. The van der Waals surface area contributed by atoms with Gasteiger partial charge in [-0.2, -0.15) is 0 Å². The number of furan rings is 1. The number of carbonyl (C=O) groups is 1. The second-order valence-electron chi connectivity index (χ2n) is 4.57. The van der Waals surface area contributed by atoms with Crippen molar-refractivity contribution in [3.63, 3.8) is 0 Å². The molecule has 1 fully saturated rings. The van der Waals surface area contributed by atoms with E-state index in [2.05, 4.69) is 4.98 Å². The SMILES string of the molecule is Cc1csc(N(C(=O)c2ccoc2C)C2CC2)n1. The van der Waals surface area contributed by atoms with Gasteiger partial charge in [0.25, 0.3) is 5.91 Å². The molecule has 3 rings (SSSR count). The Morgan fingerprint density at radius 2 is 2.28 bits per heavy atom. The van der Waals surface area contributed by atoms with Gasteiger partial charge in [-0.3, -0.25) is 9.69 Å². The lowest BCUT2D eigenvalue weighted by molar-refractivity contribution is 0.0984.